The van der Waals surface area contributed by atoms with Crippen molar-refractivity contribution in [1.29, 1.82) is 5.26 Å². The molecule has 2 N–H and O–H groups in total. The molecule has 92 valence electrons. The van der Waals surface area contributed by atoms with E-state index in [0.717, 1.165) is 5.56 Å². The Labute approximate surface area is 106 Å². The van der Waals surface area contributed by atoms with Crippen LogP contribution in [-0.2, 0) is 6.54 Å². The predicted octanol–water partition coefficient (Wildman–Crippen LogP) is 2.49. The summed E-state index contributed by atoms with van der Waals surface area (Å²) in [6, 6.07) is 5.42. The van der Waals surface area contributed by atoms with Crippen LogP contribution in [0.5, 0.6) is 11.5 Å². The number of methoxy groups -OCH3 is 1. The Hall–Kier alpha value is -1.44. The number of hydrogen-bond donors (Lipinski definition) is 1. The number of ether oxygens (including phenoxy) is 2. The highest BCUT2D eigenvalue weighted by Gasteiger charge is 2.16. The minimum absolute atomic E-state index is 0.272. The van der Waals surface area contributed by atoms with Crippen LogP contribution in [0.3, 0.4) is 0 Å². The fraction of sp³-hybridized carbons (Fsp3) is 0.417. The Kier molecular flexibility index (Phi) is 5.08. The maximum absolute atomic E-state index is 8.90. The van der Waals surface area contributed by atoms with E-state index >= 15 is 0 Å². The second-order valence-corrected chi connectivity index (χ2v) is 3.88. The number of rotatable bonds is 5. The Bertz CT molecular complexity index is 404. The van der Waals surface area contributed by atoms with Gasteiger partial charge < -0.3 is 15.2 Å². The van der Waals surface area contributed by atoms with Crippen molar-refractivity contribution in [3.8, 4) is 17.6 Å². The van der Waals surface area contributed by atoms with Gasteiger partial charge in [0.2, 0.25) is 0 Å². The second kappa shape index (κ2) is 6.33. The molecule has 0 bridgehead atoms. The van der Waals surface area contributed by atoms with Gasteiger partial charge in [-0.05, 0) is 12.5 Å². The lowest BCUT2D eigenvalue weighted by molar-refractivity contribution is 0.236. The zero-order valence-corrected chi connectivity index (χ0v) is 10.6. The van der Waals surface area contributed by atoms with Gasteiger partial charge in [0.05, 0.1) is 7.11 Å². The number of nitriles is 1. The zero-order chi connectivity index (χ0) is 12.8. The van der Waals surface area contributed by atoms with Crippen LogP contribution in [0.4, 0.5) is 0 Å². The van der Waals surface area contributed by atoms with Gasteiger partial charge in [-0.25, -0.2) is 0 Å². The predicted molar refractivity (Wildman–Crippen MR) is 66.2 cm³/mol. The molecule has 0 spiro atoms. The molecule has 0 aromatic heterocycles. The first-order valence-electron chi connectivity index (χ1n) is 5.29. The third-order valence-electron chi connectivity index (χ3n) is 2.31. The molecule has 1 atom stereocenters. The summed E-state index contributed by atoms with van der Waals surface area (Å²) in [7, 11) is 1.52. The van der Waals surface area contributed by atoms with Gasteiger partial charge in [0.25, 0.3) is 0 Å². The smallest absolute Gasteiger partial charge is 0.184 e. The second-order valence-electron chi connectivity index (χ2n) is 3.44. The van der Waals surface area contributed by atoms with Crippen LogP contribution in [0.2, 0.25) is 5.02 Å². The highest BCUT2D eigenvalue weighted by Crippen LogP contribution is 2.35. The average molecular weight is 255 g/mol. The molecule has 0 amide bonds. The molecule has 0 aliphatic rings. The summed E-state index contributed by atoms with van der Waals surface area (Å²) in [5.41, 5.74) is 6.35. The normalized spacial score (nSPS) is 11.7. The quantitative estimate of drug-likeness (QED) is 0.877. The van der Waals surface area contributed by atoms with Crippen LogP contribution in [0.25, 0.3) is 0 Å². The first-order chi connectivity index (χ1) is 8.15. The van der Waals surface area contributed by atoms with Crippen LogP contribution in [-0.4, -0.2) is 13.2 Å². The summed E-state index contributed by atoms with van der Waals surface area (Å²) in [6.07, 6.45) is 0.0714. The molecule has 17 heavy (non-hydrogen) atoms. The lowest BCUT2D eigenvalue weighted by Crippen LogP contribution is -2.15. The summed E-state index contributed by atoms with van der Waals surface area (Å²) in [4.78, 5) is 0. The van der Waals surface area contributed by atoms with Crippen molar-refractivity contribution >= 4 is 11.6 Å². The van der Waals surface area contributed by atoms with E-state index in [1.807, 2.05) is 6.92 Å². The SMILES string of the molecule is CCC(C#N)Oc1c(CN)cc(Cl)cc1OC. The van der Waals surface area contributed by atoms with Crippen LogP contribution in [0, 0.1) is 11.3 Å². The number of nitrogens with two attached hydrogens (primary N) is 1. The number of benzene rings is 1. The molecule has 0 fully saturated rings. The summed E-state index contributed by atoms with van der Waals surface area (Å²) >= 11 is 5.93. The van der Waals surface area contributed by atoms with Gasteiger partial charge in [-0.2, -0.15) is 5.26 Å². The van der Waals surface area contributed by atoms with Gasteiger partial charge in [-0.3, -0.25) is 0 Å². The molecule has 0 heterocycles. The molecule has 1 unspecified atom stereocenters. The third-order valence-corrected chi connectivity index (χ3v) is 2.53. The fourth-order valence-electron chi connectivity index (χ4n) is 1.40. The monoisotopic (exact) mass is 254 g/mol. The molecular weight excluding hydrogens is 240 g/mol. The Morgan fingerprint density at radius 3 is 2.71 bits per heavy atom. The van der Waals surface area contributed by atoms with Crippen molar-refractivity contribution in [3.63, 3.8) is 0 Å². The van der Waals surface area contributed by atoms with E-state index in [-0.39, 0.29) is 6.54 Å². The van der Waals surface area contributed by atoms with E-state index in [1.54, 1.807) is 12.1 Å². The highest BCUT2D eigenvalue weighted by atomic mass is 35.5. The molecule has 0 aliphatic carbocycles. The molecule has 0 radical (unpaired) electrons. The van der Waals surface area contributed by atoms with E-state index in [2.05, 4.69) is 6.07 Å². The number of nitrogens with zero attached hydrogens (tertiary/aromatic N) is 1. The lowest BCUT2D eigenvalue weighted by atomic mass is 10.1. The molecule has 0 saturated heterocycles. The standard InChI is InChI=1S/C12H15ClN2O2/c1-3-10(7-15)17-12-8(6-14)4-9(13)5-11(12)16-2/h4-5,10H,3,6,14H2,1-2H3. The first-order valence-corrected chi connectivity index (χ1v) is 5.66. The van der Waals surface area contributed by atoms with Gasteiger partial charge in [0.15, 0.2) is 17.6 Å². The van der Waals surface area contributed by atoms with Crippen LogP contribution < -0.4 is 15.2 Å². The number of halogens is 1. The molecule has 0 aliphatic heterocycles. The molecule has 0 saturated carbocycles. The number of hydrogen-bond acceptors (Lipinski definition) is 4. The van der Waals surface area contributed by atoms with E-state index < -0.39 is 6.10 Å². The third kappa shape index (κ3) is 3.26. The largest absolute Gasteiger partial charge is 0.493 e. The Morgan fingerprint density at radius 2 is 2.24 bits per heavy atom. The van der Waals surface area contributed by atoms with Crippen molar-refractivity contribution in [1.82, 2.24) is 0 Å². The maximum Gasteiger partial charge on any atom is 0.184 e. The van der Waals surface area contributed by atoms with Crippen LogP contribution in [0.15, 0.2) is 12.1 Å². The lowest BCUT2D eigenvalue weighted by Gasteiger charge is -2.17. The summed E-state index contributed by atoms with van der Waals surface area (Å²) in [5.74, 6) is 0.986. The van der Waals surface area contributed by atoms with E-state index in [9.17, 15) is 0 Å². The summed E-state index contributed by atoms with van der Waals surface area (Å²) < 4.78 is 10.8. The fourth-order valence-corrected chi connectivity index (χ4v) is 1.63. The Morgan fingerprint density at radius 1 is 1.53 bits per heavy atom. The summed E-state index contributed by atoms with van der Waals surface area (Å²) in [5, 5.41) is 9.42. The van der Waals surface area contributed by atoms with Crippen LogP contribution in [0.1, 0.15) is 18.9 Å². The molecule has 1 aromatic carbocycles. The summed E-state index contributed by atoms with van der Waals surface area (Å²) in [6.45, 7) is 2.15. The minimum Gasteiger partial charge on any atom is -0.493 e. The van der Waals surface area contributed by atoms with E-state index in [4.69, 9.17) is 32.1 Å². The van der Waals surface area contributed by atoms with E-state index in [1.165, 1.54) is 7.11 Å². The Balaban J connectivity index is 3.15. The van der Waals surface area contributed by atoms with E-state index in [0.29, 0.717) is 22.9 Å². The average Bonchev–Trinajstić information content (AvgIpc) is 2.36. The zero-order valence-electron chi connectivity index (χ0n) is 9.87. The molecular formula is C12H15ClN2O2. The first kappa shape index (κ1) is 13.6. The van der Waals surface area contributed by atoms with Crippen molar-refractivity contribution in [2.45, 2.75) is 26.0 Å². The van der Waals surface area contributed by atoms with Gasteiger partial charge in [-0.1, -0.05) is 18.5 Å². The van der Waals surface area contributed by atoms with Crippen molar-refractivity contribution < 1.29 is 9.47 Å². The van der Waals surface area contributed by atoms with Gasteiger partial charge in [0, 0.05) is 23.2 Å². The van der Waals surface area contributed by atoms with Crippen molar-refractivity contribution in [2.24, 2.45) is 5.73 Å². The maximum atomic E-state index is 8.90. The van der Waals surface area contributed by atoms with Gasteiger partial charge in [-0.15, -0.1) is 0 Å². The van der Waals surface area contributed by atoms with Crippen molar-refractivity contribution in [3.05, 3.63) is 22.7 Å². The minimum atomic E-state index is -0.518. The van der Waals surface area contributed by atoms with Gasteiger partial charge in [0.1, 0.15) is 6.07 Å². The topological polar surface area (TPSA) is 68.3 Å². The van der Waals surface area contributed by atoms with Crippen LogP contribution >= 0.6 is 11.6 Å². The molecule has 1 rings (SSSR count). The molecule has 1 aromatic rings. The highest BCUT2D eigenvalue weighted by molar-refractivity contribution is 6.30. The molecule has 4 nitrogen and oxygen atoms in total. The van der Waals surface area contributed by atoms with Gasteiger partial charge >= 0.3 is 0 Å². The molecule has 5 heteroatoms. The van der Waals surface area contributed by atoms with Crippen molar-refractivity contribution in [2.75, 3.05) is 7.11 Å².